The molecule has 0 bridgehead atoms. The van der Waals surface area contributed by atoms with Crippen LogP contribution >= 0.6 is 0 Å². The second-order valence-corrected chi connectivity index (χ2v) is 4.16. The fourth-order valence-electron chi connectivity index (χ4n) is 2.03. The van der Waals surface area contributed by atoms with Gasteiger partial charge in [-0.1, -0.05) is 72.8 Å². The monoisotopic (exact) mass is 225 g/mol. The van der Waals surface area contributed by atoms with Crippen molar-refractivity contribution in [3.05, 3.63) is 76.7 Å². The van der Waals surface area contributed by atoms with Crippen LogP contribution < -0.4 is 0 Å². The first kappa shape index (κ1) is 11.5. The molecular formula is C15H15NO. The molecule has 2 atom stereocenters. The van der Waals surface area contributed by atoms with Crippen molar-refractivity contribution in [2.45, 2.75) is 18.9 Å². The van der Waals surface area contributed by atoms with Gasteiger partial charge in [-0.15, -0.1) is 0 Å². The molecule has 0 radical (unpaired) electrons. The van der Waals surface area contributed by atoms with E-state index in [0.717, 1.165) is 11.1 Å². The third-order valence-electron chi connectivity index (χ3n) is 3.05. The lowest BCUT2D eigenvalue weighted by Gasteiger charge is -2.18. The molecular weight excluding hydrogens is 210 g/mol. The van der Waals surface area contributed by atoms with Crippen LogP contribution in [0.5, 0.6) is 0 Å². The molecule has 0 aliphatic carbocycles. The fraction of sp³-hybridized carbons (Fsp3) is 0.200. The van der Waals surface area contributed by atoms with Crippen molar-refractivity contribution in [1.82, 2.24) is 0 Å². The van der Waals surface area contributed by atoms with Gasteiger partial charge in [-0.3, -0.25) is 0 Å². The van der Waals surface area contributed by atoms with Crippen LogP contribution in [-0.4, -0.2) is 0 Å². The summed E-state index contributed by atoms with van der Waals surface area (Å²) in [6.07, 6.45) is 0. The summed E-state index contributed by atoms with van der Waals surface area (Å²) in [6, 6.07) is 19.4. The summed E-state index contributed by atoms with van der Waals surface area (Å²) in [4.78, 5) is 11.1. The number of hydrogen-bond acceptors (Lipinski definition) is 2. The largest absolute Gasteiger partial charge is 0.150 e. The summed E-state index contributed by atoms with van der Waals surface area (Å²) < 4.78 is 0. The van der Waals surface area contributed by atoms with Crippen LogP contribution in [0.1, 0.15) is 30.0 Å². The van der Waals surface area contributed by atoms with Crippen LogP contribution in [0.25, 0.3) is 0 Å². The number of hydrogen-bond donors (Lipinski definition) is 0. The molecule has 0 heterocycles. The minimum absolute atomic E-state index is 0.0936. The van der Waals surface area contributed by atoms with Crippen molar-refractivity contribution < 1.29 is 0 Å². The second kappa shape index (κ2) is 5.39. The molecule has 2 nitrogen and oxygen atoms in total. The van der Waals surface area contributed by atoms with Crippen molar-refractivity contribution in [3.63, 3.8) is 0 Å². The Kier molecular flexibility index (Phi) is 3.66. The molecule has 0 saturated carbocycles. The first-order valence-corrected chi connectivity index (χ1v) is 5.75. The van der Waals surface area contributed by atoms with E-state index in [4.69, 9.17) is 0 Å². The van der Waals surface area contributed by atoms with Gasteiger partial charge in [0.1, 0.15) is 6.04 Å². The van der Waals surface area contributed by atoms with Crippen LogP contribution in [0.4, 0.5) is 0 Å². The molecule has 2 aromatic carbocycles. The number of rotatable bonds is 4. The molecule has 0 N–H and O–H groups in total. The summed E-state index contributed by atoms with van der Waals surface area (Å²) in [5.74, 6) is 0.0936. The Labute approximate surface area is 101 Å². The van der Waals surface area contributed by atoms with E-state index in [1.54, 1.807) is 0 Å². The van der Waals surface area contributed by atoms with E-state index in [9.17, 15) is 4.91 Å². The Hall–Kier alpha value is -1.96. The first-order chi connectivity index (χ1) is 8.33. The molecule has 0 amide bonds. The summed E-state index contributed by atoms with van der Waals surface area (Å²) in [5, 5.41) is 3.28. The Morgan fingerprint density at radius 3 is 1.76 bits per heavy atom. The zero-order valence-electron chi connectivity index (χ0n) is 9.78. The maximum atomic E-state index is 11.1. The smallest absolute Gasteiger partial charge is 0.123 e. The van der Waals surface area contributed by atoms with Gasteiger partial charge < -0.3 is 0 Å². The van der Waals surface area contributed by atoms with Gasteiger partial charge in [0.15, 0.2) is 0 Å². The van der Waals surface area contributed by atoms with Crippen LogP contribution in [-0.2, 0) is 0 Å². The van der Waals surface area contributed by atoms with E-state index in [2.05, 4.69) is 5.18 Å². The molecule has 0 aromatic heterocycles. The predicted octanol–water partition coefficient (Wildman–Crippen LogP) is 4.30. The third kappa shape index (κ3) is 2.59. The molecule has 17 heavy (non-hydrogen) atoms. The van der Waals surface area contributed by atoms with Gasteiger partial charge in [-0.25, -0.2) is 0 Å². The molecule has 2 aromatic rings. The molecule has 0 unspecified atom stereocenters. The minimum Gasteiger partial charge on any atom is -0.150 e. The normalized spacial score (nSPS) is 13.9. The van der Waals surface area contributed by atoms with Gasteiger partial charge >= 0.3 is 0 Å². The van der Waals surface area contributed by atoms with Crippen LogP contribution in [0, 0.1) is 4.91 Å². The molecule has 0 saturated heterocycles. The van der Waals surface area contributed by atoms with Crippen LogP contribution in [0.15, 0.2) is 65.8 Å². The molecule has 2 heteroatoms. The highest BCUT2D eigenvalue weighted by Gasteiger charge is 2.21. The maximum Gasteiger partial charge on any atom is 0.123 e. The number of nitrogens with zero attached hydrogens (tertiary/aromatic N) is 1. The summed E-state index contributed by atoms with van der Waals surface area (Å²) in [6.45, 7) is 2.04. The highest BCUT2D eigenvalue weighted by Crippen LogP contribution is 2.33. The zero-order chi connectivity index (χ0) is 12.1. The summed E-state index contributed by atoms with van der Waals surface area (Å²) in [7, 11) is 0. The predicted molar refractivity (Wildman–Crippen MR) is 69.8 cm³/mol. The lowest BCUT2D eigenvalue weighted by molar-refractivity contribution is 0.596. The summed E-state index contributed by atoms with van der Waals surface area (Å²) in [5.41, 5.74) is 2.11. The summed E-state index contributed by atoms with van der Waals surface area (Å²) >= 11 is 0. The average Bonchev–Trinajstić information content (AvgIpc) is 2.42. The van der Waals surface area contributed by atoms with Gasteiger partial charge in [0, 0.05) is 5.92 Å². The van der Waals surface area contributed by atoms with Gasteiger partial charge in [0.25, 0.3) is 0 Å². The second-order valence-electron chi connectivity index (χ2n) is 4.16. The van der Waals surface area contributed by atoms with E-state index < -0.39 is 0 Å². The molecule has 0 aliphatic heterocycles. The van der Waals surface area contributed by atoms with E-state index in [1.165, 1.54) is 0 Å². The van der Waals surface area contributed by atoms with Gasteiger partial charge in [0.2, 0.25) is 0 Å². The first-order valence-electron chi connectivity index (χ1n) is 5.75. The fourth-order valence-corrected chi connectivity index (χ4v) is 2.03. The van der Waals surface area contributed by atoms with Gasteiger partial charge in [-0.05, 0) is 11.1 Å². The Morgan fingerprint density at radius 1 is 0.824 bits per heavy atom. The average molecular weight is 225 g/mol. The highest BCUT2D eigenvalue weighted by atomic mass is 16.3. The Bertz CT molecular complexity index is 467. The highest BCUT2D eigenvalue weighted by molar-refractivity contribution is 5.27. The lowest BCUT2D eigenvalue weighted by atomic mass is 9.89. The van der Waals surface area contributed by atoms with E-state index in [-0.39, 0.29) is 12.0 Å². The maximum absolute atomic E-state index is 11.1. The van der Waals surface area contributed by atoms with Gasteiger partial charge in [-0.2, -0.15) is 4.91 Å². The van der Waals surface area contributed by atoms with E-state index in [0.29, 0.717) is 0 Å². The van der Waals surface area contributed by atoms with Crippen molar-refractivity contribution in [1.29, 1.82) is 0 Å². The van der Waals surface area contributed by atoms with Crippen molar-refractivity contribution >= 4 is 0 Å². The zero-order valence-corrected chi connectivity index (χ0v) is 9.78. The van der Waals surface area contributed by atoms with Crippen LogP contribution in [0.2, 0.25) is 0 Å². The quantitative estimate of drug-likeness (QED) is 0.713. The SMILES string of the molecule is C[C@H](c1ccccc1)[C@H](N=O)c1ccccc1. The standard InChI is InChI=1S/C15H15NO/c1-12(13-8-4-2-5-9-13)15(16-17)14-10-6-3-7-11-14/h2-12,15H,1H3/t12-,15+/m1/s1. The molecule has 2 rings (SSSR count). The van der Waals surface area contributed by atoms with Crippen molar-refractivity contribution in [2.75, 3.05) is 0 Å². The number of nitroso groups, excluding NO2 is 1. The van der Waals surface area contributed by atoms with E-state index in [1.807, 2.05) is 67.6 Å². The number of benzene rings is 2. The van der Waals surface area contributed by atoms with Gasteiger partial charge in [0.05, 0.1) is 0 Å². The Morgan fingerprint density at radius 2 is 1.29 bits per heavy atom. The lowest BCUT2D eigenvalue weighted by Crippen LogP contribution is -2.05. The third-order valence-corrected chi connectivity index (χ3v) is 3.05. The molecule has 0 fully saturated rings. The molecule has 0 spiro atoms. The Balaban J connectivity index is 2.28. The molecule has 0 aliphatic rings. The van der Waals surface area contributed by atoms with Crippen molar-refractivity contribution in [3.8, 4) is 0 Å². The van der Waals surface area contributed by atoms with Crippen LogP contribution in [0.3, 0.4) is 0 Å². The topological polar surface area (TPSA) is 29.4 Å². The van der Waals surface area contributed by atoms with E-state index >= 15 is 0 Å². The minimum atomic E-state index is -0.321. The van der Waals surface area contributed by atoms with Crippen molar-refractivity contribution in [2.24, 2.45) is 5.18 Å². The molecule has 86 valence electrons.